The van der Waals surface area contributed by atoms with Gasteiger partial charge in [-0.05, 0) is 56.3 Å². The zero-order chi connectivity index (χ0) is 23.1. The van der Waals surface area contributed by atoms with Gasteiger partial charge in [-0.15, -0.1) is 12.4 Å². The SMILES string of the molecule is COc1ccc(CCN(C)CCCn2ncc3cc(OC)c(OC)cc3c2=O)cc1OC.Cl. The molecule has 180 valence electrons. The Morgan fingerprint density at radius 3 is 2.18 bits per heavy atom. The van der Waals surface area contributed by atoms with E-state index in [0.29, 0.717) is 23.4 Å². The Morgan fingerprint density at radius 1 is 0.879 bits per heavy atom. The lowest BCUT2D eigenvalue weighted by Gasteiger charge is -2.17. The number of ether oxygens (including phenoxy) is 4. The van der Waals surface area contributed by atoms with Gasteiger partial charge in [-0.2, -0.15) is 5.10 Å². The van der Waals surface area contributed by atoms with Crippen molar-refractivity contribution < 1.29 is 18.9 Å². The number of rotatable bonds is 11. The predicted molar refractivity (Wildman–Crippen MR) is 132 cm³/mol. The third kappa shape index (κ3) is 6.30. The molecule has 3 aromatic rings. The third-order valence-corrected chi connectivity index (χ3v) is 5.50. The molecule has 9 heteroatoms. The predicted octanol–water partition coefficient (Wildman–Crippen LogP) is 3.42. The molecule has 0 aliphatic rings. The summed E-state index contributed by atoms with van der Waals surface area (Å²) in [4.78, 5) is 15.1. The van der Waals surface area contributed by atoms with Crippen LogP contribution in [0.25, 0.3) is 10.8 Å². The third-order valence-electron chi connectivity index (χ3n) is 5.50. The Bertz CT molecular complexity index is 1120. The van der Waals surface area contributed by atoms with Gasteiger partial charge in [0, 0.05) is 18.5 Å². The molecule has 0 N–H and O–H groups in total. The summed E-state index contributed by atoms with van der Waals surface area (Å²) in [5.74, 6) is 2.58. The van der Waals surface area contributed by atoms with Gasteiger partial charge in [0.15, 0.2) is 23.0 Å². The maximum atomic E-state index is 12.9. The van der Waals surface area contributed by atoms with Crippen molar-refractivity contribution in [1.82, 2.24) is 14.7 Å². The monoisotopic (exact) mass is 477 g/mol. The van der Waals surface area contributed by atoms with E-state index in [1.807, 2.05) is 12.1 Å². The molecule has 1 heterocycles. The number of nitrogens with zero attached hydrogens (tertiary/aromatic N) is 3. The molecule has 1 aromatic heterocycles. The van der Waals surface area contributed by atoms with Crippen LogP contribution in [0.1, 0.15) is 12.0 Å². The minimum Gasteiger partial charge on any atom is -0.493 e. The summed E-state index contributed by atoms with van der Waals surface area (Å²) in [6.45, 7) is 2.29. The fraction of sp³-hybridized carbons (Fsp3) is 0.417. The van der Waals surface area contributed by atoms with Gasteiger partial charge in [0.1, 0.15) is 0 Å². The number of aromatic nitrogens is 2. The molecule has 0 saturated carbocycles. The highest BCUT2D eigenvalue weighted by atomic mass is 35.5. The Labute approximate surface area is 200 Å². The summed E-state index contributed by atoms with van der Waals surface area (Å²) in [5.41, 5.74) is 1.06. The quantitative estimate of drug-likeness (QED) is 0.419. The van der Waals surface area contributed by atoms with E-state index < -0.39 is 0 Å². The molecule has 0 amide bonds. The molecule has 0 aliphatic carbocycles. The molecular weight excluding hydrogens is 446 g/mol. The number of benzene rings is 2. The van der Waals surface area contributed by atoms with E-state index in [-0.39, 0.29) is 18.0 Å². The van der Waals surface area contributed by atoms with Gasteiger partial charge in [0.2, 0.25) is 0 Å². The molecule has 0 spiro atoms. The maximum absolute atomic E-state index is 12.9. The molecule has 0 fully saturated rings. The highest BCUT2D eigenvalue weighted by molar-refractivity contribution is 5.85. The van der Waals surface area contributed by atoms with Crippen LogP contribution in [0.5, 0.6) is 23.0 Å². The average Bonchev–Trinajstić information content (AvgIpc) is 2.83. The molecular formula is C24H32ClN3O5. The average molecular weight is 478 g/mol. The molecule has 0 aliphatic heterocycles. The summed E-state index contributed by atoms with van der Waals surface area (Å²) < 4.78 is 22.8. The van der Waals surface area contributed by atoms with Crippen LogP contribution in [-0.4, -0.2) is 63.3 Å². The summed E-state index contributed by atoms with van der Waals surface area (Å²) in [6, 6.07) is 9.47. The molecule has 2 aromatic carbocycles. The number of aryl methyl sites for hydroxylation is 1. The Hall–Kier alpha value is -2.97. The van der Waals surface area contributed by atoms with Crippen molar-refractivity contribution in [3.63, 3.8) is 0 Å². The lowest BCUT2D eigenvalue weighted by molar-refractivity contribution is 0.320. The lowest BCUT2D eigenvalue weighted by Crippen LogP contribution is -2.27. The van der Waals surface area contributed by atoms with Crippen molar-refractivity contribution >= 4 is 23.2 Å². The van der Waals surface area contributed by atoms with Gasteiger partial charge in [-0.1, -0.05) is 6.07 Å². The van der Waals surface area contributed by atoms with E-state index in [0.717, 1.165) is 42.8 Å². The number of likely N-dealkylation sites (N-methyl/N-ethyl adjacent to an activating group) is 1. The first kappa shape index (κ1) is 26.3. The fourth-order valence-corrected chi connectivity index (χ4v) is 3.63. The van der Waals surface area contributed by atoms with E-state index in [1.165, 1.54) is 10.2 Å². The van der Waals surface area contributed by atoms with Gasteiger partial charge in [0.25, 0.3) is 5.56 Å². The molecule has 0 atom stereocenters. The van der Waals surface area contributed by atoms with Crippen LogP contribution >= 0.6 is 12.4 Å². The van der Waals surface area contributed by atoms with Crippen molar-refractivity contribution in [2.24, 2.45) is 0 Å². The van der Waals surface area contributed by atoms with Crippen LogP contribution in [-0.2, 0) is 13.0 Å². The van der Waals surface area contributed by atoms with Gasteiger partial charge in [-0.3, -0.25) is 4.79 Å². The molecule has 0 unspecified atom stereocenters. The van der Waals surface area contributed by atoms with Gasteiger partial charge >= 0.3 is 0 Å². The topological polar surface area (TPSA) is 75.0 Å². The Kier molecular flexibility index (Phi) is 9.81. The zero-order valence-corrected chi connectivity index (χ0v) is 20.6. The molecule has 8 nitrogen and oxygen atoms in total. The zero-order valence-electron chi connectivity index (χ0n) is 19.8. The van der Waals surface area contributed by atoms with E-state index in [4.69, 9.17) is 18.9 Å². The van der Waals surface area contributed by atoms with Crippen LogP contribution in [0.2, 0.25) is 0 Å². The minimum atomic E-state index is -0.128. The van der Waals surface area contributed by atoms with Crippen molar-refractivity contribution in [1.29, 1.82) is 0 Å². The number of hydrogen-bond donors (Lipinski definition) is 0. The molecule has 0 radical (unpaired) electrons. The maximum Gasteiger partial charge on any atom is 0.274 e. The number of methoxy groups -OCH3 is 4. The largest absolute Gasteiger partial charge is 0.493 e. The van der Waals surface area contributed by atoms with Crippen molar-refractivity contribution in [2.45, 2.75) is 19.4 Å². The summed E-state index contributed by atoms with van der Waals surface area (Å²) >= 11 is 0. The molecule has 33 heavy (non-hydrogen) atoms. The minimum absolute atomic E-state index is 0. The van der Waals surface area contributed by atoms with E-state index >= 15 is 0 Å². The van der Waals surface area contributed by atoms with Crippen molar-refractivity contribution in [3.05, 3.63) is 52.4 Å². The summed E-state index contributed by atoms with van der Waals surface area (Å²) in [6.07, 6.45) is 3.40. The van der Waals surface area contributed by atoms with Gasteiger partial charge < -0.3 is 23.8 Å². The Morgan fingerprint density at radius 2 is 1.52 bits per heavy atom. The Balaban J connectivity index is 0.00000385. The van der Waals surface area contributed by atoms with Crippen LogP contribution < -0.4 is 24.5 Å². The van der Waals surface area contributed by atoms with Gasteiger partial charge in [-0.25, -0.2) is 4.68 Å². The standard InChI is InChI=1S/C24H31N3O5.ClH/c1-26(12-9-17-7-8-20(29-2)21(13-17)30-3)10-6-11-27-24(28)19-15-23(32-5)22(31-4)14-18(19)16-25-27;/h7-8,13-16H,6,9-12H2,1-5H3;1H. The fourth-order valence-electron chi connectivity index (χ4n) is 3.63. The van der Waals surface area contributed by atoms with Crippen LogP contribution in [0.4, 0.5) is 0 Å². The summed E-state index contributed by atoms with van der Waals surface area (Å²) in [7, 11) is 8.48. The first-order valence-electron chi connectivity index (χ1n) is 10.5. The van der Waals surface area contributed by atoms with Crippen LogP contribution in [0, 0.1) is 0 Å². The second-order valence-corrected chi connectivity index (χ2v) is 7.56. The number of hydrogen-bond acceptors (Lipinski definition) is 7. The lowest BCUT2D eigenvalue weighted by atomic mass is 10.1. The smallest absolute Gasteiger partial charge is 0.274 e. The summed E-state index contributed by atoms with van der Waals surface area (Å²) in [5, 5.41) is 5.63. The highest BCUT2D eigenvalue weighted by Gasteiger charge is 2.11. The van der Waals surface area contributed by atoms with Gasteiger partial charge in [0.05, 0.1) is 40.0 Å². The van der Waals surface area contributed by atoms with Crippen molar-refractivity contribution in [3.8, 4) is 23.0 Å². The first-order valence-corrected chi connectivity index (χ1v) is 10.5. The normalized spacial score (nSPS) is 10.7. The molecule has 0 bridgehead atoms. The molecule has 3 rings (SSSR count). The molecule has 0 saturated heterocycles. The van der Waals surface area contributed by atoms with E-state index in [2.05, 4.69) is 23.1 Å². The van der Waals surface area contributed by atoms with Crippen molar-refractivity contribution in [2.75, 3.05) is 48.6 Å². The second-order valence-electron chi connectivity index (χ2n) is 7.56. The van der Waals surface area contributed by atoms with E-state index in [9.17, 15) is 4.79 Å². The highest BCUT2D eigenvalue weighted by Crippen LogP contribution is 2.30. The van der Waals surface area contributed by atoms with Crippen LogP contribution in [0.3, 0.4) is 0 Å². The number of fused-ring (bicyclic) bond motifs is 1. The van der Waals surface area contributed by atoms with Crippen LogP contribution in [0.15, 0.2) is 41.3 Å². The first-order chi connectivity index (χ1) is 15.5. The second kappa shape index (κ2) is 12.3. The van der Waals surface area contributed by atoms with E-state index in [1.54, 1.807) is 46.8 Å². The number of halogens is 1.